The van der Waals surface area contributed by atoms with Crippen molar-refractivity contribution in [2.45, 2.75) is 6.54 Å². The van der Waals surface area contributed by atoms with Gasteiger partial charge in [0.05, 0.1) is 0 Å². The number of carbonyl (C=O) groups is 1. The molecule has 2 rings (SSSR count). The number of H-pyrrole nitrogens is 1. The minimum Gasteiger partial charge on any atom is -0.345 e. The number of nitrogens with one attached hydrogen (secondary N) is 2. The Hall–Kier alpha value is -1.83. The van der Waals surface area contributed by atoms with Gasteiger partial charge in [-0.15, -0.1) is 10.2 Å². The molecule has 0 bridgehead atoms. The quantitative estimate of drug-likeness (QED) is 0.887. The second kappa shape index (κ2) is 5.00. The molecule has 0 aliphatic rings. The van der Waals surface area contributed by atoms with E-state index >= 15 is 0 Å². The maximum atomic E-state index is 13.3. The van der Waals surface area contributed by atoms with Gasteiger partial charge in [-0.1, -0.05) is 15.9 Å². The van der Waals surface area contributed by atoms with Gasteiger partial charge in [-0.05, 0) is 23.4 Å². The lowest BCUT2D eigenvalue weighted by Crippen LogP contribution is -2.24. The van der Waals surface area contributed by atoms with Crippen molar-refractivity contribution >= 4 is 21.8 Å². The summed E-state index contributed by atoms with van der Waals surface area (Å²) in [5.74, 6) is -0.986. The number of benzene rings is 1. The molecule has 0 fully saturated rings. The van der Waals surface area contributed by atoms with Gasteiger partial charge in [0.2, 0.25) is 0 Å². The fourth-order valence-electron chi connectivity index (χ4n) is 1.19. The smallest absolute Gasteiger partial charge is 0.293 e. The molecule has 0 saturated carbocycles. The maximum Gasteiger partial charge on any atom is 0.293 e. The van der Waals surface area contributed by atoms with Gasteiger partial charge in [0.25, 0.3) is 11.7 Å². The molecule has 8 heteroatoms. The van der Waals surface area contributed by atoms with Crippen molar-refractivity contribution in [2.24, 2.45) is 0 Å². The van der Waals surface area contributed by atoms with Crippen molar-refractivity contribution in [3.63, 3.8) is 0 Å². The van der Waals surface area contributed by atoms with E-state index in [4.69, 9.17) is 0 Å². The summed E-state index contributed by atoms with van der Waals surface area (Å²) in [6.45, 7) is 0.0542. The Morgan fingerprint density at radius 3 is 3.06 bits per heavy atom. The summed E-state index contributed by atoms with van der Waals surface area (Å²) >= 11 is 3.22. The Morgan fingerprint density at radius 1 is 1.53 bits per heavy atom. The summed E-state index contributed by atoms with van der Waals surface area (Å²) < 4.78 is 14.1. The largest absolute Gasteiger partial charge is 0.345 e. The van der Waals surface area contributed by atoms with Crippen molar-refractivity contribution < 1.29 is 9.18 Å². The van der Waals surface area contributed by atoms with Gasteiger partial charge in [0.15, 0.2) is 0 Å². The molecular formula is C9H7BrFN5O. The first-order valence-electron chi connectivity index (χ1n) is 4.62. The maximum absolute atomic E-state index is 13.3. The fourth-order valence-corrected chi connectivity index (χ4v) is 1.60. The van der Waals surface area contributed by atoms with Crippen LogP contribution in [0.3, 0.4) is 0 Å². The lowest BCUT2D eigenvalue weighted by molar-refractivity contribution is 0.0940. The second-order valence-corrected chi connectivity index (χ2v) is 4.07. The molecule has 1 aromatic carbocycles. The molecule has 6 nitrogen and oxygen atoms in total. The Balaban J connectivity index is 2.03. The number of carbonyl (C=O) groups excluding carboxylic acids is 1. The molecule has 0 radical (unpaired) electrons. The van der Waals surface area contributed by atoms with Crippen LogP contribution >= 0.6 is 15.9 Å². The molecule has 1 heterocycles. The third-order valence-electron chi connectivity index (χ3n) is 2.00. The molecule has 0 saturated heterocycles. The van der Waals surface area contributed by atoms with E-state index in [1.807, 2.05) is 0 Å². The third kappa shape index (κ3) is 2.84. The Kier molecular flexibility index (Phi) is 3.43. The SMILES string of the molecule is O=C(NCc1cc(Br)ccc1F)c1nn[nH]n1. The third-order valence-corrected chi connectivity index (χ3v) is 2.49. The van der Waals surface area contributed by atoms with Crippen LogP contribution in [0.4, 0.5) is 4.39 Å². The Labute approximate surface area is 104 Å². The zero-order valence-corrected chi connectivity index (χ0v) is 10.0. The van der Waals surface area contributed by atoms with Gasteiger partial charge in [0, 0.05) is 16.6 Å². The minimum atomic E-state index is -0.516. The molecule has 2 N–H and O–H groups in total. The van der Waals surface area contributed by atoms with Crippen molar-refractivity contribution in [3.8, 4) is 0 Å². The molecule has 0 atom stereocenters. The van der Waals surface area contributed by atoms with Crippen molar-refractivity contribution in [2.75, 3.05) is 0 Å². The monoisotopic (exact) mass is 299 g/mol. The lowest BCUT2D eigenvalue weighted by Gasteiger charge is -2.04. The van der Waals surface area contributed by atoms with Crippen LogP contribution < -0.4 is 5.32 Å². The van der Waals surface area contributed by atoms with E-state index in [1.165, 1.54) is 6.07 Å². The normalized spacial score (nSPS) is 10.2. The number of halogens is 2. The van der Waals surface area contributed by atoms with Crippen LogP contribution in [0, 0.1) is 5.82 Å². The van der Waals surface area contributed by atoms with Crippen LogP contribution in [0.5, 0.6) is 0 Å². The van der Waals surface area contributed by atoms with Crippen molar-refractivity contribution in [1.82, 2.24) is 25.9 Å². The highest BCUT2D eigenvalue weighted by molar-refractivity contribution is 9.10. The Bertz CT molecular complexity index is 530. The van der Waals surface area contributed by atoms with Crippen LogP contribution in [0.15, 0.2) is 22.7 Å². The molecular weight excluding hydrogens is 293 g/mol. The van der Waals surface area contributed by atoms with Crippen LogP contribution in [0.1, 0.15) is 16.2 Å². The molecule has 0 aliphatic heterocycles. The summed E-state index contributed by atoms with van der Waals surface area (Å²) in [7, 11) is 0. The van der Waals surface area contributed by atoms with Crippen molar-refractivity contribution in [1.29, 1.82) is 0 Å². The van der Waals surface area contributed by atoms with Gasteiger partial charge in [-0.25, -0.2) is 4.39 Å². The number of hydrogen-bond donors (Lipinski definition) is 2. The number of nitrogens with zero attached hydrogens (tertiary/aromatic N) is 3. The number of tetrazole rings is 1. The van der Waals surface area contributed by atoms with E-state index in [2.05, 4.69) is 41.9 Å². The van der Waals surface area contributed by atoms with Crippen LogP contribution in [0.25, 0.3) is 0 Å². The Morgan fingerprint density at radius 2 is 2.35 bits per heavy atom. The lowest BCUT2D eigenvalue weighted by atomic mass is 10.2. The van der Waals surface area contributed by atoms with Gasteiger partial charge < -0.3 is 5.32 Å². The van der Waals surface area contributed by atoms with E-state index in [-0.39, 0.29) is 18.2 Å². The molecule has 0 aliphatic carbocycles. The zero-order chi connectivity index (χ0) is 12.3. The molecule has 1 amide bonds. The van der Waals surface area contributed by atoms with E-state index in [0.29, 0.717) is 5.56 Å². The highest BCUT2D eigenvalue weighted by Crippen LogP contribution is 2.15. The van der Waals surface area contributed by atoms with E-state index < -0.39 is 5.91 Å². The summed E-state index contributed by atoms with van der Waals surface area (Å²) in [4.78, 5) is 11.4. The highest BCUT2D eigenvalue weighted by Gasteiger charge is 2.11. The molecule has 0 unspecified atom stereocenters. The number of aromatic amines is 1. The predicted molar refractivity (Wildman–Crippen MR) is 59.4 cm³/mol. The van der Waals surface area contributed by atoms with Crippen LogP contribution in [0.2, 0.25) is 0 Å². The number of aromatic nitrogens is 4. The predicted octanol–water partition coefficient (Wildman–Crippen LogP) is 1.03. The van der Waals surface area contributed by atoms with Gasteiger partial charge >= 0.3 is 0 Å². The molecule has 17 heavy (non-hydrogen) atoms. The molecule has 0 spiro atoms. The summed E-state index contributed by atoms with van der Waals surface area (Å²) in [6, 6.07) is 4.49. The van der Waals surface area contributed by atoms with E-state index in [9.17, 15) is 9.18 Å². The van der Waals surface area contributed by atoms with Crippen LogP contribution in [-0.4, -0.2) is 26.5 Å². The second-order valence-electron chi connectivity index (χ2n) is 3.15. The average Bonchev–Trinajstić information content (AvgIpc) is 2.83. The van der Waals surface area contributed by atoms with E-state index in [1.54, 1.807) is 12.1 Å². The zero-order valence-electron chi connectivity index (χ0n) is 8.44. The van der Waals surface area contributed by atoms with Gasteiger partial charge in [-0.2, -0.15) is 5.21 Å². The average molecular weight is 300 g/mol. The van der Waals surface area contributed by atoms with Crippen LogP contribution in [-0.2, 0) is 6.54 Å². The topological polar surface area (TPSA) is 83.6 Å². The highest BCUT2D eigenvalue weighted by atomic mass is 79.9. The van der Waals surface area contributed by atoms with Crippen molar-refractivity contribution in [3.05, 3.63) is 39.9 Å². The summed E-state index contributed by atoms with van der Waals surface area (Å²) in [5, 5.41) is 14.9. The van der Waals surface area contributed by atoms with Gasteiger partial charge in [0.1, 0.15) is 5.82 Å². The molecule has 1 aromatic heterocycles. The number of hydrogen-bond acceptors (Lipinski definition) is 4. The first-order chi connectivity index (χ1) is 8.16. The summed E-state index contributed by atoms with van der Waals surface area (Å²) in [5.41, 5.74) is 0.371. The first-order valence-corrected chi connectivity index (χ1v) is 5.41. The number of amides is 1. The minimum absolute atomic E-state index is 0.0542. The summed E-state index contributed by atoms with van der Waals surface area (Å²) in [6.07, 6.45) is 0. The first kappa shape index (κ1) is 11.6. The fraction of sp³-hybridized carbons (Fsp3) is 0.111. The standard InChI is InChI=1S/C9H7BrFN5O/c10-6-1-2-7(11)5(3-6)4-12-9(17)8-13-15-16-14-8/h1-3H,4H2,(H,12,17)(H,13,14,15,16). The molecule has 2 aromatic rings. The van der Waals surface area contributed by atoms with E-state index in [0.717, 1.165) is 4.47 Å². The molecule has 88 valence electrons. The number of rotatable bonds is 3. The van der Waals surface area contributed by atoms with Gasteiger partial charge in [-0.3, -0.25) is 4.79 Å².